The average molecular weight is 472 g/mol. The Bertz CT molecular complexity index is 1040. The second-order valence-electron chi connectivity index (χ2n) is 8.05. The fraction of sp³-hybridized carbons (Fsp3) is 0.476. The molecule has 3 heterocycles. The SMILES string of the molecule is O=S(=O)(c1cccc(C2(O)CCN(C(F)(F)F)CC2)n1)N1CCC(Oc2ccccc2)C1. The molecular weight excluding hydrogens is 447 g/mol. The van der Waals surface area contributed by atoms with E-state index in [2.05, 4.69) is 4.98 Å². The second kappa shape index (κ2) is 8.62. The van der Waals surface area contributed by atoms with E-state index < -0.39 is 21.9 Å². The van der Waals surface area contributed by atoms with Crippen molar-refractivity contribution in [2.45, 2.75) is 42.3 Å². The highest BCUT2D eigenvalue weighted by atomic mass is 32.2. The zero-order chi connectivity index (χ0) is 23.0. The summed E-state index contributed by atoms with van der Waals surface area (Å²) in [5.74, 6) is 0.657. The number of sulfonamides is 1. The summed E-state index contributed by atoms with van der Waals surface area (Å²) in [5, 5.41) is 10.7. The fourth-order valence-corrected chi connectivity index (χ4v) is 5.48. The van der Waals surface area contributed by atoms with Crippen LogP contribution in [0.15, 0.2) is 53.6 Å². The third-order valence-electron chi connectivity index (χ3n) is 5.91. The van der Waals surface area contributed by atoms with Crippen LogP contribution in [-0.2, 0) is 15.6 Å². The Kier molecular flexibility index (Phi) is 6.19. The minimum absolute atomic E-state index is 0.0664. The van der Waals surface area contributed by atoms with Gasteiger partial charge in [-0.25, -0.2) is 18.3 Å². The minimum atomic E-state index is -4.46. The van der Waals surface area contributed by atoms with Gasteiger partial charge < -0.3 is 9.84 Å². The molecule has 2 aromatic rings. The van der Waals surface area contributed by atoms with E-state index in [-0.39, 0.29) is 55.8 Å². The average Bonchev–Trinajstić information content (AvgIpc) is 3.24. The van der Waals surface area contributed by atoms with Crippen molar-refractivity contribution in [1.82, 2.24) is 14.2 Å². The third kappa shape index (κ3) is 4.75. The normalized spacial score (nSPS) is 22.7. The molecular formula is C21H24F3N3O4S. The van der Waals surface area contributed by atoms with Crippen LogP contribution < -0.4 is 4.74 Å². The molecule has 2 saturated heterocycles. The van der Waals surface area contributed by atoms with Gasteiger partial charge in [-0.3, -0.25) is 0 Å². The molecule has 0 radical (unpaired) electrons. The number of hydrogen-bond acceptors (Lipinski definition) is 6. The number of alkyl halides is 3. The molecule has 2 fully saturated rings. The number of benzene rings is 1. The highest BCUT2D eigenvalue weighted by molar-refractivity contribution is 7.89. The summed E-state index contributed by atoms with van der Waals surface area (Å²) in [6, 6.07) is 13.4. The molecule has 174 valence electrons. The molecule has 1 aromatic carbocycles. The van der Waals surface area contributed by atoms with Crippen LogP contribution >= 0.6 is 0 Å². The number of para-hydroxylation sites is 1. The number of piperidine rings is 1. The Hall–Kier alpha value is -2.21. The molecule has 2 aliphatic rings. The number of pyridine rings is 1. The second-order valence-corrected chi connectivity index (χ2v) is 9.94. The van der Waals surface area contributed by atoms with Crippen molar-refractivity contribution in [3.05, 3.63) is 54.2 Å². The lowest BCUT2D eigenvalue weighted by Crippen LogP contribution is -2.48. The van der Waals surface area contributed by atoms with Crippen LogP contribution in [0, 0.1) is 0 Å². The van der Waals surface area contributed by atoms with Crippen LogP contribution in [0.2, 0.25) is 0 Å². The summed E-state index contributed by atoms with van der Waals surface area (Å²) >= 11 is 0. The Labute approximate surface area is 184 Å². The van der Waals surface area contributed by atoms with Crippen molar-refractivity contribution in [2.24, 2.45) is 0 Å². The Morgan fingerprint density at radius 1 is 1.03 bits per heavy atom. The van der Waals surface area contributed by atoms with Gasteiger partial charge in [-0.15, -0.1) is 0 Å². The molecule has 0 amide bonds. The number of likely N-dealkylation sites (tertiary alicyclic amines) is 1. The highest BCUT2D eigenvalue weighted by Gasteiger charge is 2.45. The molecule has 11 heteroatoms. The molecule has 0 bridgehead atoms. The number of aliphatic hydroxyl groups is 1. The van der Waals surface area contributed by atoms with Crippen molar-refractivity contribution < 1.29 is 31.4 Å². The minimum Gasteiger partial charge on any atom is -0.489 e. The Morgan fingerprint density at radius 2 is 1.72 bits per heavy atom. The van der Waals surface area contributed by atoms with Gasteiger partial charge in [0.25, 0.3) is 10.0 Å². The van der Waals surface area contributed by atoms with E-state index in [1.807, 2.05) is 18.2 Å². The van der Waals surface area contributed by atoms with Gasteiger partial charge in [-0.2, -0.15) is 17.5 Å². The first-order valence-corrected chi connectivity index (χ1v) is 11.8. The number of hydrogen-bond donors (Lipinski definition) is 1. The van der Waals surface area contributed by atoms with E-state index in [4.69, 9.17) is 4.74 Å². The van der Waals surface area contributed by atoms with Gasteiger partial charge in [-0.1, -0.05) is 24.3 Å². The summed E-state index contributed by atoms with van der Waals surface area (Å²) in [6.07, 6.45) is -4.63. The van der Waals surface area contributed by atoms with Crippen LogP contribution in [0.25, 0.3) is 0 Å². The van der Waals surface area contributed by atoms with Crippen molar-refractivity contribution in [2.75, 3.05) is 26.2 Å². The summed E-state index contributed by atoms with van der Waals surface area (Å²) in [5.41, 5.74) is -1.55. The quantitative estimate of drug-likeness (QED) is 0.676. The number of halogens is 3. The smallest absolute Gasteiger partial charge is 0.459 e. The van der Waals surface area contributed by atoms with Gasteiger partial charge in [-0.05, 0) is 43.5 Å². The standard InChI is InChI=1S/C21H24F3N3O4S/c22-21(23,24)26-13-10-20(28,11-14-26)18-7-4-8-19(25-18)32(29,30)27-12-9-17(15-27)31-16-5-2-1-3-6-16/h1-8,17,28H,9-15H2. The maximum Gasteiger partial charge on any atom is 0.459 e. The molecule has 1 unspecified atom stereocenters. The molecule has 0 spiro atoms. The summed E-state index contributed by atoms with van der Waals surface area (Å²) in [7, 11) is -3.95. The van der Waals surface area contributed by atoms with Gasteiger partial charge in [0, 0.05) is 19.6 Å². The van der Waals surface area contributed by atoms with Crippen molar-refractivity contribution >= 4 is 10.0 Å². The molecule has 7 nitrogen and oxygen atoms in total. The molecule has 1 aromatic heterocycles. The maximum atomic E-state index is 13.1. The summed E-state index contributed by atoms with van der Waals surface area (Å²) in [6.45, 7) is -0.350. The molecule has 32 heavy (non-hydrogen) atoms. The molecule has 1 N–H and O–H groups in total. The van der Waals surface area contributed by atoms with Crippen LogP contribution in [0.1, 0.15) is 25.0 Å². The van der Waals surface area contributed by atoms with Gasteiger partial charge in [0.05, 0.1) is 12.2 Å². The first kappa shape index (κ1) is 23.0. The zero-order valence-electron chi connectivity index (χ0n) is 17.2. The lowest BCUT2D eigenvalue weighted by Gasteiger charge is -2.38. The predicted molar refractivity (Wildman–Crippen MR) is 109 cm³/mol. The molecule has 2 aliphatic heterocycles. The number of nitrogens with zero attached hydrogens (tertiary/aromatic N) is 3. The molecule has 4 rings (SSSR count). The van der Waals surface area contributed by atoms with Crippen LogP contribution in [0.4, 0.5) is 13.2 Å². The fourth-order valence-electron chi connectivity index (χ4n) is 4.04. The third-order valence-corrected chi connectivity index (χ3v) is 7.67. The van der Waals surface area contributed by atoms with E-state index in [1.54, 1.807) is 12.1 Å². The van der Waals surface area contributed by atoms with Crippen LogP contribution in [-0.4, -0.2) is 66.3 Å². The van der Waals surface area contributed by atoms with Gasteiger partial charge in [0.1, 0.15) is 17.5 Å². The molecule has 1 atom stereocenters. The number of ether oxygens (including phenoxy) is 1. The predicted octanol–water partition coefficient (Wildman–Crippen LogP) is 2.73. The first-order chi connectivity index (χ1) is 15.1. The van der Waals surface area contributed by atoms with E-state index in [1.165, 1.54) is 22.5 Å². The van der Waals surface area contributed by atoms with E-state index >= 15 is 0 Å². The number of aromatic nitrogens is 1. The van der Waals surface area contributed by atoms with E-state index in [0.29, 0.717) is 17.1 Å². The van der Waals surface area contributed by atoms with Crippen molar-refractivity contribution in [3.63, 3.8) is 0 Å². The van der Waals surface area contributed by atoms with Crippen molar-refractivity contribution in [1.29, 1.82) is 0 Å². The number of rotatable bonds is 5. The van der Waals surface area contributed by atoms with Crippen LogP contribution in [0.5, 0.6) is 5.75 Å². The zero-order valence-corrected chi connectivity index (χ0v) is 18.0. The van der Waals surface area contributed by atoms with E-state index in [9.17, 15) is 26.7 Å². The lowest BCUT2D eigenvalue weighted by atomic mass is 9.88. The van der Waals surface area contributed by atoms with Crippen molar-refractivity contribution in [3.8, 4) is 5.75 Å². The van der Waals surface area contributed by atoms with E-state index in [0.717, 1.165) is 0 Å². The largest absolute Gasteiger partial charge is 0.489 e. The summed E-state index contributed by atoms with van der Waals surface area (Å²) in [4.78, 5) is 4.49. The molecule has 0 saturated carbocycles. The maximum absolute atomic E-state index is 13.1. The first-order valence-electron chi connectivity index (χ1n) is 10.3. The van der Waals surface area contributed by atoms with Gasteiger partial charge in [0.2, 0.25) is 0 Å². The van der Waals surface area contributed by atoms with Gasteiger partial charge in [0.15, 0.2) is 5.03 Å². The molecule has 0 aliphatic carbocycles. The van der Waals surface area contributed by atoms with Crippen LogP contribution in [0.3, 0.4) is 0 Å². The lowest BCUT2D eigenvalue weighted by molar-refractivity contribution is -0.259. The van der Waals surface area contributed by atoms with Gasteiger partial charge >= 0.3 is 6.30 Å². The summed E-state index contributed by atoms with van der Waals surface area (Å²) < 4.78 is 72.1. The topological polar surface area (TPSA) is 83.0 Å². The Balaban J connectivity index is 1.47. The highest BCUT2D eigenvalue weighted by Crippen LogP contribution is 2.36. The monoisotopic (exact) mass is 471 g/mol. The Morgan fingerprint density at radius 3 is 2.38 bits per heavy atom.